The van der Waals surface area contributed by atoms with Crippen LogP contribution in [0.1, 0.15) is 22.3 Å². The summed E-state index contributed by atoms with van der Waals surface area (Å²) < 4.78 is 13.4. The van der Waals surface area contributed by atoms with Crippen LogP contribution in [-0.2, 0) is 19.9 Å². The first-order chi connectivity index (χ1) is 16.0. The maximum absolute atomic E-state index is 12.4. The van der Waals surface area contributed by atoms with Gasteiger partial charge in [0, 0.05) is 49.1 Å². The molecule has 2 heterocycles. The van der Waals surface area contributed by atoms with Crippen LogP contribution >= 0.6 is 11.6 Å². The van der Waals surface area contributed by atoms with Gasteiger partial charge in [0.05, 0.1) is 6.61 Å². The third-order valence-electron chi connectivity index (χ3n) is 5.04. The summed E-state index contributed by atoms with van der Waals surface area (Å²) in [6.07, 6.45) is 7.65. The fraction of sp³-hybridized carbons (Fsp3) is 0.200. The standard InChI is InChI=1S/C25H23ClN4O3/c1-17-11-22(7-8-23(17)26)33-21-5-3-18(4-6-21)9-10-32-25-29-24(31)20(15-30(25)2)12-19-13-27-16-28-14-19/h3-8,11,13-16H,9-10,12H2,1-2H3. The van der Waals surface area contributed by atoms with Gasteiger partial charge in [0.1, 0.15) is 17.8 Å². The lowest BCUT2D eigenvalue weighted by Gasteiger charge is -2.11. The molecule has 33 heavy (non-hydrogen) atoms. The molecule has 0 unspecified atom stereocenters. The molecule has 0 amide bonds. The van der Waals surface area contributed by atoms with Crippen LogP contribution in [0, 0.1) is 6.92 Å². The topological polar surface area (TPSA) is 79.1 Å². The molecule has 0 aliphatic heterocycles. The molecule has 8 heteroatoms. The molecule has 2 aromatic heterocycles. The Morgan fingerprint density at radius 3 is 2.45 bits per heavy atom. The Labute approximate surface area is 196 Å². The Balaban J connectivity index is 1.33. The van der Waals surface area contributed by atoms with Crippen molar-refractivity contribution in [2.75, 3.05) is 6.61 Å². The quantitative estimate of drug-likeness (QED) is 0.382. The molecule has 4 rings (SSSR count). The fourth-order valence-electron chi connectivity index (χ4n) is 3.28. The Hall–Kier alpha value is -3.71. The van der Waals surface area contributed by atoms with Gasteiger partial charge in [0.2, 0.25) is 0 Å². The number of hydrogen-bond donors (Lipinski definition) is 0. The summed E-state index contributed by atoms with van der Waals surface area (Å²) in [5.41, 5.74) is 3.15. The predicted octanol–water partition coefficient (Wildman–Crippen LogP) is 4.54. The van der Waals surface area contributed by atoms with Gasteiger partial charge < -0.3 is 14.0 Å². The molecule has 0 saturated carbocycles. The monoisotopic (exact) mass is 462 g/mol. The summed E-state index contributed by atoms with van der Waals surface area (Å²) in [5.74, 6) is 1.48. The Bertz CT molecular complexity index is 1290. The molecule has 0 radical (unpaired) electrons. The second kappa shape index (κ2) is 10.3. The van der Waals surface area contributed by atoms with Gasteiger partial charge in [-0.15, -0.1) is 0 Å². The number of benzene rings is 2. The molecule has 0 N–H and O–H groups in total. The number of hydrogen-bond acceptors (Lipinski definition) is 6. The van der Waals surface area contributed by atoms with Gasteiger partial charge in [-0.25, -0.2) is 9.97 Å². The lowest BCUT2D eigenvalue weighted by molar-refractivity contribution is 0.281. The van der Waals surface area contributed by atoms with Crippen LogP contribution in [0.5, 0.6) is 17.5 Å². The highest BCUT2D eigenvalue weighted by Gasteiger charge is 2.09. The third-order valence-corrected chi connectivity index (χ3v) is 5.47. The van der Waals surface area contributed by atoms with Gasteiger partial charge in [0.15, 0.2) is 0 Å². The van der Waals surface area contributed by atoms with E-state index >= 15 is 0 Å². The van der Waals surface area contributed by atoms with E-state index in [1.54, 1.807) is 30.2 Å². The largest absolute Gasteiger partial charge is 0.464 e. The summed E-state index contributed by atoms with van der Waals surface area (Å²) in [6.45, 7) is 2.33. The molecule has 2 aromatic carbocycles. The van der Waals surface area contributed by atoms with Crippen LogP contribution in [0.3, 0.4) is 0 Å². The molecule has 0 spiro atoms. The van der Waals surface area contributed by atoms with Crippen molar-refractivity contribution in [2.45, 2.75) is 19.8 Å². The molecule has 0 aliphatic carbocycles. The zero-order chi connectivity index (χ0) is 23.2. The van der Waals surface area contributed by atoms with E-state index in [0.29, 0.717) is 30.0 Å². The van der Waals surface area contributed by atoms with Crippen molar-refractivity contribution < 1.29 is 9.47 Å². The van der Waals surface area contributed by atoms with E-state index in [-0.39, 0.29) is 11.6 Å². The van der Waals surface area contributed by atoms with Crippen molar-refractivity contribution in [3.8, 4) is 17.5 Å². The maximum atomic E-state index is 12.4. The summed E-state index contributed by atoms with van der Waals surface area (Å²) in [4.78, 5) is 24.4. The predicted molar refractivity (Wildman–Crippen MR) is 126 cm³/mol. The van der Waals surface area contributed by atoms with Crippen LogP contribution in [0.2, 0.25) is 5.02 Å². The second-order valence-corrected chi connectivity index (χ2v) is 8.05. The summed E-state index contributed by atoms with van der Waals surface area (Å²) in [5, 5.41) is 0.713. The number of aromatic nitrogens is 4. The summed E-state index contributed by atoms with van der Waals surface area (Å²) in [6, 6.07) is 13.6. The van der Waals surface area contributed by atoms with Crippen LogP contribution in [0.4, 0.5) is 0 Å². The average Bonchev–Trinajstić information content (AvgIpc) is 2.81. The minimum absolute atomic E-state index is 0.283. The zero-order valence-corrected chi connectivity index (χ0v) is 19.1. The van der Waals surface area contributed by atoms with Crippen LogP contribution in [0.25, 0.3) is 0 Å². The lowest BCUT2D eigenvalue weighted by atomic mass is 10.1. The van der Waals surface area contributed by atoms with Crippen molar-refractivity contribution in [1.29, 1.82) is 0 Å². The van der Waals surface area contributed by atoms with E-state index in [2.05, 4.69) is 15.0 Å². The van der Waals surface area contributed by atoms with E-state index < -0.39 is 0 Å². The van der Waals surface area contributed by atoms with Crippen molar-refractivity contribution in [3.05, 3.63) is 105 Å². The normalized spacial score (nSPS) is 10.8. The molecule has 0 aliphatic rings. The highest BCUT2D eigenvalue weighted by molar-refractivity contribution is 6.31. The minimum atomic E-state index is -0.314. The van der Waals surface area contributed by atoms with Crippen LogP contribution in [-0.4, -0.2) is 26.1 Å². The maximum Gasteiger partial charge on any atom is 0.299 e. The van der Waals surface area contributed by atoms with Gasteiger partial charge >= 0.3 is 0 Å². The second-order valence-electron chi connectivity index (χ2n) is 7.64. The van der Waals surface area contributed by atoms with Crippen molar-refractivity contribution in [3.63, 3.8) is 0 Å². The molecule has 4 aromatic rings. The Morgan fingerprint density at radius 1 is 1.00 bits per heavy atom. The van der Waals surface area contributed by atoms with Gasteiger partial charge in [-0.05, 0) is 53.9 Å². The van der Waals surface area contributed by atoms with Gasteiger partial charge in [-0.1, -0.05) is 23.7 Å². The van der Waals surface area contributed by atoms with Gasteiger partial charge in [-0.3, -0.25) is 4.79 Å². The van der Waals surface area contributed by atoms with Crippen molar-refractivity contribution in [2.24, 2.45) is 7.05 Å². The van der Waals surface area contributed by atoms with Gasteiger partial charge in [-0.2, -0.15) is 4.98 Å². The van der Waals surface area contributed by atoms with E-state index in [1.165, 1.54) is 6.33 Å². The average molecular weight is 463 g/mol. The van der Waals surface area contributed by atoms with E-state index in [0.717, 1.165) is 28.2 Å². The molecule has 0 saturated heterocycles. The number of halogens is 1. The highest BCUT2D eigenvalue weighted by atomic mass is 35.5. The first-order valence-electron chi connectivity index (χ1n) is 10.4. The number of nitrogens with zero attached hydrogens (tertiary/aromatic N) is 4. The highest BCUT2D eigenvalue weighted by Crippen LogP contribution is 2.26. The first-order valence-corrected chi connectivity index (χ1v) is 10.8. The zero-order valence-electron chi connectivity index (χ0n) is 18.4. The molecule has 7 nitrogen and oxygen atoms in total. The molecule has 0 fully saturated rings. The van der Waals surface area contributed by atoms with Crippen molar-refractivity contribution >= 4 is 11.6 Å². The number of rotatable bonds is 8. The molecule has 0 bridgehead atoms. The van der Waals surface area contributed by atoms with E-state index in [4.69, 9.17) is 21.1 Å². The SMILES string of the molecule is Cc1cc(Oc2ccc(CCOc3nc(=O)c(Cc4cncnc4)cn3C)cc2)ccc1Cl. The van der Waals surface area contributed by atoms with Crippen LogP contribution in [0.15, 0.2) is 72.2 Å². The van der Waals surface area contributed by atoms with Crippen molar-refractivity contribution in [1.82, 2.24) is 19.5 Å². The molecule has 168 valence electrons. The van der Waals surface area contributed by atoms with E-state index in [1.807, 2.05) is 49.4 Å². The minimum Gasteiger partial charge on any atom is -0.464 e. The lowest BCUT2D eigenvalue weighted by Crippen LogP contribution is -2.19. The molecular weight excluding hydrogens is 440 g/mol. The first kappa shape index (κ1) is 22.5. The summed E-state index contributed by atoms with van der Waals surface area (Å²) >= 11 is 6.06. The van der Waals surface area contributed by atoms with Gasteiger partial charge in [0.25, 0.3) is 11.6 Å². The Morgan fingerprint density at radius 2 is 1.73 bits per heavy atom. The summed E-state index contributed by atoms with van der Waals surface area (Å²) in [7, 11) is 1.80. The Kier molecular flexibility index (Phi) is 7.00. The smallest absolute Gasteiger partial charge is 0.299 e. The third kappa shape index (κ3) is 5.96. The van der Waals surface area contributed by atoms with E-state index in [9.17, 15) is 4.79 Å². The number of aryl methyl sites for hydroxylation is 2. The molecular formula is C25H23ClN4O3. The van der Waals surface area contributed by atoms with Crippen LogP contribution < -0.4 is 15.0 Å². The fourth-order valence-corrected chi connectivity index (χ4v) is 3.40. The number of ether oxygens (including phenoxy) is 2. The molecule has 0 atom stereocenters.